The van der Waals surface area contributed by atoms with E-state index in [9.17, 15) is 17.2 Å². The lowest BCUT2D eigenvalue weighted by Crippen LogP contribution is -2.39. The largest absolute Gasteiger partial charge is 0.246 e. The molecule has 1 aromatic carbocycles. The van der Waals surface area contributed by atoms with Crippen molar-refractivity contribution in [2.45, 2.75) is 50.0 Å². The number of hydrogen-bond donors (Lipinski definition) is 1. The molecule has 0 aliphatic heterocycles. The van der Waals surface area contributed by atoms with E-state index in [0.717, 1.165) is 50.3 Å². The normalized spacial score (nSPS) is 18.9. The third kappa shape index (κ3) is 3.35. The van der Waals surface area contributed by atoms with E-state index >= 15 is 0 Å². The van der Waals surface area contributed by atoms with Crippen LogP contribution in [0.4, 0.5) is 8.78 Å². The van der Waals surface area contributed by atoms with Crippen LogP contribution in [-0.4, -0.2) is 14.5 Å². The fourth-order valence-electron chi connectivity index (χ4n) is 2.77. The van der Waals surface area contributed by atoms with Crippen molar-refractivity contribution in [2.24, 2.45) is 5.92 Å². The first-order valence-corrected chi connectivity index (χ1v) is 8.36. The number of nitrogens with one attached hydrogen (secondary N) is 1. The van der Waals surface area contributed by atoms with Crippen molar-refractivity contribution in [1.82, 2.24) is 4.72 Å². The van der Waals surface area contributed by atoms with Gasteiger partial charge < -0.3 is 0 Å². The van der Waals surface area contributed by atoms with Crippen molar-refractivity contribution in [3.63, 3.8) is 0 Å². The highest BCUT2D eigenvalue weighted by Crippen LogP contribution is 2.27. The molecule has 0 bridgehead atoms. The van der Waals surface area contributed by atoms with Gasteiger partial charge in [0.25, 0.3) is 0 Å². The van der Waals surface area contributed by atoms with E-state index in [1.165, 1.54) is 0 Å². The van der Waals surface area contributed by atoms with Crippen LogP contribution in [0.2, 0.25) is 0 Å². The van der Waals surface area contributed by atoms with Gasteiger partial charge in [-0.2, -0.15) is 0 Å². The molecular weight excluding hydrogens is 284 g/mol. The molecule has 0 heterocycles. The van der Waals surface area contributed by atoms with Gasteiger partial charge in [0.1, 0.15) is 11.6 Å². The summed E-state index contributed by atoms with van der Waals surface area (Å²) in [5.74, 6) is -1.89. The Morgan fingerprint density at radius 1 is 1.15 bits per heavy atom. The first-order valence-electron chi connectivity index (χ1n) is 6.88. The van der Waals surface area contributed by atoms with E-state index in [1.807, 2.05) is 0 Å². The zero-order chi connectivity index (χ0) is 14.8. The summed E-state index contributed by atoms with van der Waals surface area (Å²) < 4.78 is 53.8. The Labute approximate surface area is 118 Å². The molecule has 0 aromatic heterocycles. The van der Waals surface area contributed by atoms with E-state index in [2.05, 4.69) is 4.72 Å². The summed E-state index contributed by atoms with van der Waals surface area (Å²) in [6, 6.07) is 2.72. The van der Waals surface area contributed by atoms with E-state index < -0.39 is 26.6 Å². The summed E-state index contributed by atoms with van der Waals surface area (Å²) in [4.78, 5) is -0.886. The van der Waals surface area contributed by atoms with Crippen molar-refractivity contribution in [2.75, 3.05) is 0 Å². The second-order valence-corrected chi connectivity index (χ2v) is 7.01. The van der Waals surface area contributed by atoms with Crippen LogP contribution >= 0.6 is 0 Å². The van der Waals surface area contributed by atoms with Crippen molar-refractivity contribution in [3.8, 4) is 0 Å². The highest BCUT2D eigenvalue weighted by molar-refractivity contribution is 7.89. The van der Waals surface area contributed by atoms with E-state index in [1.54, 1.807) is 6.92 Å². The summed E-state index contributed by atoms with van der Waals surface area (Å²) in [6.45, 7) is 1.76. The van der Waals surface area contributed by atoms with Crippen molar-refractivity contribution in [3.05, 3.63) is 29.8 Å². The molecule has 0 radical (unpaired) electrons. The minimum atomic E-state index is -4.17. The molecule has 6 heteroatoms. The molecule has 0 amide bonds. The van der Waals surface area contributed by atoms with Crippen LogP contribution in [0.15, 0.2) is 23.1 Å². The SMILES string of the molecule is CC(NS(=O)(=O)c1c(F)cccc1F)C1CCCCC1. The molecule has 1 aliphatic rings. The fraction of sp³-hybridized carbons (Fsp3) is 0.571. The molecule has 1 saturated carbocycles. The van der Waals surface area contributed by atoms with Crippen LogP contribution in [0.3, 0.4) is 0 Å². The summed E-state index contributed by atoms with van der Waals surface area (Å²) >= 11 is 0. The highest BCUT2D eigenvalue weighted by atomic mass is 32.2. The summed E-state index contributed by atoms with van der Waals surface area (Å²) in [5, 5.41) is 0. The quantitative estimate of drug-likeness (QED) is 0.928. The minimum Gasteiger partial charge on any atom is -0.208 e. The standard InChI is InChI=1S/C14H19F2NO2S/c1-10(11-6-3-2-4-7-11)17-20(18,19)14-12(15)8-5-9-13(14)16/h5,8-11,17H,2-4,6-7H2,1H3. The molecule has 1 aromatic rings. The molecule has 0 spiro atoms. The first-order chi connectivity index (χ1) is 9.42. The van der Waals surface area contributed by atoms with Crippen molar-refractivity contribution < 1.29 is 17.2 Å². The molecule has 1 fully saturated rings. The monoisotopic (exact) mass is 303 g/mol. The third-order valence-electron chi connectivity index (χ3n) is 3.89. The molecule has 0 saturated heterocycles. The van der Waals surface area contributed by atoms with Gasteiger partial charge in [0, 0.05) is 6.04 Å². The van der Waals surface area contributed by atoms with Crippen LogP contribution in [0.25, 0.3) is 0 Å². The number of benzene rings is 1. The minimum absolute atomic E-state index is 0.230. The summed E-state index contributed by atoms with van der Waals surface area (Å²) in [7, 11) is -4.17. The number of halogens is 2. The average molecular weight is 303 g/mol. The average Bonchev–Trinajstić information content (AvgIpc) is 2.38. The molecule has 112 valence electrons. The van der Waals surface area contributed by atoms with E-state index in [-0.39, 0.29) is 12.0 Å². The van der Waals surface area contributed by atoms with Crippen LogP contribution < -0.4 is 4.72 Å². The van der Waals surface area contributed by atoms with Crippen LogP contribution in [0.5, 0.6) is 0 Å². The Morgan fingerprint density at radius 3 is 2.25 bits per heavy atom. The lowest BCUT2D eigenvalue weighted by atomic mass is 9.85. The van der Waals surface area contributed by atoms with Crippen LogP contribution in [0, 0.1) is 17.6 Å². The van der Waals surface area contributed by atoms with Gasteiger partial charge in [-0.1, -0.05) is 25.3 Å². The van der Waals surface area contributed by atoms with E-state index in [0.29, 0.717) is 0 Å². The molecule has 1 N–H and O–H groups in total. The van der Waals surface area contributed by atoms with Gasteiger partial charge in [-0.15, -0.1) is 0 Å². The molecular formula is C14H19F2NO2S. The molecule has 1 aliphatic carbocycles. The maximum atomic E-state index is 13.6. The lowest BCUT2D eigenvalue weighted by Gasteiger charge is -2.28. The first kappa shape index (κ1) is 15.4. The van der Waals surface area contributed by atoms with Gasteiger partial charge in [-0.25, -0.2) is 21.9 Å². The Hall–Kier alpha value is -1.01. The van der Waals surface area contributed by atoms with Gasteiger partial charge in [0.05, 0.1) is 0 Å². The Kier molecular flexibility index (Phi) is 4.75. The van der Waals surface area contributed by atoms with Gasteiger partial charge in [-0.3, -0.25) is 0 Å². The van der Waals surface area contributed by atoms with Gasteiger partial charge >= 0.3 is 0 Å². The Balaban J connectivity index is 2.18. The lowest BCUT2D eigenvalue weighted by molar-refractivity contribution is 0.302. The van der Waals surface area contributed by atoms with Crippen molar-refractivity contribution >= 4 is 10.0 Å². The zero-order valence-corrected chi connectivity index (χ0v) is 12.2. The predicted octanol–water partition coefficient (Wildman–Crippen LogP) is 3.21. The Bertz CT molecular complexity index is 548. The molecule has 20 heavy (non-hydrogen) atoms. The Morgan fingerprint density at radius 2 is 1.70 bits per heavy atom. The van der Waals surface area contributed by atoms with Crippen molar-refractivity contribution in [1.29, 1.82) is 0 Å². The van der Waals surface area contributed by atoms with Gasteiger partial charge in [0.15, 0.2) is 4.90 Å². The van der Waals surface area contributed by atoms with Gasteiger partial charge in [-0.05, 0) is 37.8 Å². The smallest absolute Gasteiger partial charge is 0.208 e. The third-order valence-corrected chi connectivity index (χ3v) is 5.50. The second kappa shape index (κ2) is 6.18. The second-order valence-electron chi connectivity index (χ2n) is 5.36. The fourth-order valence-corrected chi connectivity index (χ4v) is 4.22. The van der Waals surface area contributed by atoms with Gasteiger partial charge in [0.2, 0.25) is 10.0 Å². The topological polar surface area (TPSA) is 46.2 Å². The molecule has 3 nitrogen and oxygen atoms in total. The maximum absolute atomic E-state index is 13.6. The predicted molar refractivity (Wildman–Crippen MR) is 72.7 cm³/mol. The number of sulfonamides is 1. The number of rotatable bonds is 4. The van der Waals surface area contributed by atoms with E-state index in [4.69, 9.17) is 0 Å². The summed E-state index contributed by atoms with van der Waals surface area (Å²) in [5.41, 5.74) is 0. The molecule has 1 atom stereocenters. The zero-order valence-electron chi connectivity index (χ0n) is 11.4. The van der Waals surface area contributed by atoms with Crippen LogP contribution in [-0.2, 0) is 10.0 Å². The molecule has 2 rings (SSSR count). The maximum Gasteiger partial charge on any atom is 0.246 e. The number of hydrogen-bond acceptors (Lipinski definition) is 2. The van der Waals surface area contributed by atoms with Crippen LogP contribution in [0.1, 0.15) is 39.0 Å². The molecule has 1 unspecified atom stereocenters. The summed E-state index contributed by atoms with van der Waals surface area (Å²) in [6.07, 6.45) is 5.21. The highest BCUT2D eigenvalue weighted by Gasteiger charge is 2.29.